The molecule has 0 spiro atoms. The Morgan fingerprint density at radius 1 is 1.16 bits per heavy atom. The summed E-state index contributed by atoms with van der Waals surface area (Å²) >= 11 is 0. The lowest BCUT2D eigenvalue weighted by molar-refractivity contribution is -0.231. The van der Waals surface area contributed by atoms with Crippen molar-refractivity contribution in [1.29, 1.82) is 0 Å². The largest absolute Gasteiger partial charge is 0.480 e. The van der Waals surface area contributed by atoms with E-state index in [0.29, 0.717) is 11.3 Å². The molecule has 1 saturated heterocycles. The van der Waals surface area contributed by atoms with Gasteiger partial charge in [-0.1, -0.05) is 12.6 Å². The van der Waals surface area contributed by atoms with Crippen LogP contribution in [-0.4, -0.2) is 106 Å². The van der Waals surface area contributed by atoms with Gasteiger partial charge in [0.05, 0.1) is 17.9 Å². The third-order valence-corrected chi connectivity index (χ3v) is 6.49. The predicted octanol–water partition coefficient (Wildman–Crippen LogP) is 0.322. The lowest BCUT2D eigenvalue weighted by atomic mass is 10.0. The Morgan fingerprint density at radius 3 is 2.58 bits per heavy atom. The Kier molecular flexibility index (Phi) is 11.6. The lowest BCUT2D eigenvalue weighted by Gasteiger charge is -2.35. The molecular formula is C28H36N4O11. The SMILES string of the molecule is C=C1C=CC(=O)N1CCC(=O)NCCC(=O)Nc1cc(COC(=O)N(C)CC(=O)O)ccc1O[C@H]1OC(C)CC(O)C1O. The molecule has 1 aromatic carbocycles. The van der Waals surface area contributed by atoms with Crippen LogP contribution in [0.15, 0.2) is 42.6 Å². The van der Waals surface area contributed by atoms with Crippen LogP contribution in [0.2, 0.25) is 0 Å². The number of carbonyl (C=O) groups excluding carboxylic acids is 4. The molecule has 3 unspecified atom stereocenters. The summed E-state index contributed by atoms with van der Waals surface area (Å²) in [6, 6.07) is 4.44. The molecule has 2 aliphatic rings. The average Bonchev–Trinajstić information content (AvgIpc) is 3.26. The van der Waals surface area contributed by atoms with Crippen molar-refractivity contribution in [2.24, 2.45) is 0 Å². The van der Waals surface area contributed by atoms with Gasteiger partial charge in [-0.25, -0.2) is 4.79 Å². The first-order valence-electron chi connectivity index (χ1n) is 13.5. The van der Waals surface area contributed by atoms with Crippen molar-refractivity contribution in [2.45, 2.75) is 57.4 Å². The van der Waals surface area contributed by atoms with Crippen molar-refractivity contribution in [3.05, 3.63) is 48.2 Å². The molecule has 2 aliphatic heterocycles. The number of likely N-dealkylation sites (N-methyl/N-ethyl adjacent to an activating group) is 1. The molecule has 234 valence electrons. The minimum absolute atomic E-state index is 0.00459. The summed E-state index contributed by atoms with van der Waals surface area (Å²) in [4.78, 5) is 61.9. The number of benzene rings is 1. The van der Waals surface area contributed by atoms with Gasteiger partial charge in [-0.05, 0) is 30.7 Å². The Morgan fingerprint density at radius 2 is 1.91 bits per heavy atom. The highest BCUT2D eigenvalue weighted by Gasteiger charge is 2.37. The minimum Gasteiger partial charge on any atom is -0.480 e. The number of hydrogen-bond donors (Lipinski definition) is 5. The van der Waals surface area contributed by atoms with Crippen molar-refractivity contribution < 1.29 is 53.5 Å². The van der Waals surface area contributed by atoms with Gasteiger partial charge in [-0.3, -0.25) is 19.2 Å². The van der Waals surface area contributed by atoms with Gasteiger partial charge in [-0.2, -0.15) is 0 Å². The third-order valence-electron chi connectivity index (χ3n) is 6.49. The standard InChI is InChI=1S/C28H36N4O11/c1-16-4-7-24(36)32(16)11-9-22(34)29-10-8-23(35)30-19-13-18(15-41-28(40)31(3)14-25(37)38)5-6-21(19)43-27-26(39)20(33)12-17(2)42-27/h4-7,13,17,20,26-27,33,39H,1,8-12,14-15H2,2-3H3,(H,29,34)(H,30,35)(H,37,38)/t17?,20?,26?,27-/m1/s1. The van der Waals surface area contributed by atoms with Gasteiger partial charge in [0.2, 0.25) is 18.1 Å². The number of allylic oxidation sites excluding steroid dienone is 1. The van der Waals surface area contributed by atoms with Gasteiger partial charge in [0.15, 0.2) is 0 Å². The molecule has 1 aromatic rings. The molecule has 15 heteroatoms. The average molecular weight is 605 g/mol. The van der Waals surface area contributed by atoms with Crippen molar-refractivity contribution in [2.75, 3.05) is 32.0 Å². The number of amides is 4. The predicted molar refractivity (Wildman–Crippen MR) is 149 cm³/mol. The maximum Gasteiger partial charge on any atom is 0.410 e. The van der Waals surface area contributed by atoms with Crippen LogP contribution in [0, 0.1) is 0 Å². The smallest absolute Gasteiger partial charge is 0.410 e. The van der Waals surface area contributed by atoms with Crippen molar-refractivity contribution in [3.8, 4) is 5.75 Å². The Bertz CT molecular complexity index is 1250. The van der Waals surface area contributed by atoms with Crippen LogP contribution in [0.3, 0.4) is 0 Å². The molecule has 3 rings (SSSR count). The lowest BCUT2D eigenvalue weighted by Crippen LogP contribution is -2.50. The van der Waals surface area contributed by atoms with Gasteiger partial charge in [0, 0.05) is 51.2 Å². The first-order valence-corrected chi connectivity index (χ1v) is 13.5. The maximum atomic E-state index is 12.8. The number of hydrogen-bond acceptors (Lipinski definition) is 10. The van der Waals surface area contributed by atoms with Gasteiger partial charge >= 0.3 is 12.1 Å². The molecule has 2 heterocycles. The summed E-state index contributed by atoms with van der Waals surface area (Å²) < 4.78 is 16.6. The van der Waals surface area contributed by atoms with E-state index in [0.717, 1.165) is 4.90 Å². The van der Waals surface area contributed by atoms with Gasteiger partial charge in [0.25, 0.3) is 5.91 Å². The molecule has 43 heavy (non-hydrogen) atoms. The van der Waals surface area contributed by atoms with Gasteiger partial charge in [-0.15, -0.1) is 0 Å². The fourth-order valence-electron chi connectivity index (χ4n) is 4.21. The number of aliphatic carboxylic acids is 1. The number of nitrogens with one attached hydrogen (secondary N) is 2. The Balaban J connectivity index is 1.62. The number of anilines is 1. The van der Waals surface area contributed by atoms with Crippen LogP contribution < -0.4 is 15.4 Å². The van der Waals surface area contributed by atoms with Gasteiger partial charge in [0.1, 0.15) is 25.0 Å². The molecule has 0 aromatic heterocycles. The van der Waals surface area contributed by atoms with Crippen molar-refractivity contribution in [3.63, 3.8) is 0 Å². The maximum absolute atomic E-state index is 12.8. The second kappa shape index (κ2) is 15.1. The van der Waals surface area contributed by atoms with E-state index in [1.165, 1.54) is 36.2 Å². The number of nitrogens with zero attached hydrogens (tertiary/aromatic N) is 2. The number of ether oxygens (including phenoxy) is 3. The Hall–Kier alpha value is -4.47. The topological polar surface area (TPSA) is 204 Å². The molecule has 4 amide bonds. The number of carbonyl (C=O) groups is 5. The van der Waals surface area contributed by atoms with Crippen molar-refractivity contribution in [1.82, 2.24) is 15.1 Å². The third kappa shape index (κ3) is 9.80. The summed E-state index contributed by atoms with van der Waals surface area (Å²) in [5.41, 5.74) is 1.04. The summed E-state index contributed by atoms with van der Waals surface area (Å²) in [5, 5.41) is 34.6. The molecule has 1 fully saturated rings. The highest BCUT2D eigenvalue weighted by atomic mass is 16.7. The second-order valence-corrected chi connectivity index (χ2v) is 10.1. The van der Waals surface area contributed by atoms with E-state index in [-0.39, 0.29) is 62.2 Å². The summed E-state index contributed by atoms with van der Waals surface area (Å²) in [6.07, 6.45) is -1.95. The fourth-order valence-corrected chi connectivity index (χ4v) is 4.21. The monoisotopic (exact) mass is 604 g/mol. The quantitative estimate of drug-likeness (QED) is 0.207. The van der Waals surface area contributed by atoms with E-state index < -0.39 is 49.1 Å². The molecule has 0 aliphatic carbocycles. The molecule has 0 bridgehead atoms. The molecule has 4 atom stereocenters. The molecule has 0 saturated carbocycles. The van der Waals surface area contributed by atoms with E-state index in [4.69, 9.17) is 19.3 Å². The second-order valence-electron chi connectivity index (χ2n) is 10.1. The minimum atomic E-state index is -1.36. The van der Waals surface area contributed by atoms with Crippen LogP contribution in [0.4, 0.5) is 10.5 Å². The zero-order valence-corrected chi connectivity index (χ0v) is 23.9. The zero-order valence-electron chi connectivity index (χ0n) is 23.9. The van der Waals surface area contributed by atoms with Gasteiger partial charge < -0.3 is 50.0 Å². The number of aliphatic hydroxyl groups excluding tert-OH is 2. The summed E-state index contributed by atoms with van der Waals surface area (Å²) in [5.74, 6) is -2.25. The van der Waals surface area contributed by atoms with E-state index in [1.54, 1.807) is 13.0 Å². The first-order chi connectivity index (χ1) is 20.3. The number of aliphatic hydroxyl groups is 2. The number of rotatable bonds is 13. The highest BCUT2D eigenvalue weighted by Crippen LogP contribution is 2.31. The number of carboxylic acid groups (broad SMARTS) is 1. The molecule has 0 radical (unpaired) electrons. The van der Waals surface area contributed by atoms with Crippen LogP contribution in [0.25, 0.3) is 0 Å². The van der Waals surface area contributed by atoms with E-state index in [2.05, 4.69) is 17.2 Å². The van der Waals surface area contributed by atoms with E-state index >= 15 is 0 Å². The van der Waals surface area contributed by atoms with Crippen LogP contribution in [0.1, 0.15) is 31.7 Å². The first kappa shape index (κ1) is 33.0. The van der Waals surface area contributed by atoms with Crippen LogP contribution in [-0.2, 0) is 35.3 Å². The fraction of sp³-hybridized carbons (Fsp3) is 0.464. The summed E-state index contributed by atoms with van der Waals surface area (Å²) in [6.45, 7) is 4.76. The molecule has 5 N–H and O–H groups in total. The molecular weight excluding hydrogens is 568 g/mol. The zero-order chi connectivity index (χ0) is 31.7. The number of carboxylic acids is 1. The van der Waals surface area contributed by atoms with E-state index in [9.17, 15) is 34.2 Å². The van der Waals surface area contributed by atoms with Crippen molar-refractivity contribution >= 4 is 35.5 Å². The highest BCUT2D eigenvalue weighted by molar-refractivity contribution is 5.94. The summed E-state index contributed by atoms with van der Waals surface area (Å²) in [7, 11) is 1.27. The normalized spacial score (nSPS) is 21.3. The Labute approximate surface area is 247 Å². The van der Waals surface area contributed by atoms with E-state index in [1.807, 2.05) is 0 Å². The van der Waals surface area contributed by atoms with Crippen LogP contribution in [0.5, 0.6) is 5.75 Å². The van der Waals surface area contributed by atoms with Crippen LogP contribution >= 0.6 is 0 Å². The molecule has 15 nitrogen and oxygen atoms in total.